The number of hydrogen-bond acceptors (Lipinski definition) is 4. The van der Waals surface area contributed by atoms with Gasteiger partial charge in [0.2, 0.25) is 0 Å². The number of hydrogen-bond donors (Lipinski definition) is 2. The maximum Gasteiger partial charge on any atom is 0.0900 e. The summed E-state index contributed by atoms with van der Waals surface area (Å²) in [6.45, 7) is 5.57. The molecule has 4 heteroatoms. The van der Waals surface area contributed by atoms with E-state index in [0.29, 0.717) is 18.9 Å². The topological polar surface area (TPSA) is 32.7 Å². The Bertz CT molecular complexity index is 153. The third kappa shape index (κ3) is 7.07. The summed E-state index contributed by atoms with van der Waals surface area (Å²) in [7, 11) is 3.52. The smallest absolute Gasteiger partial charge is 0.0900 e. The summed E-state index contributed by atoms with van der Waals surface area (Å²) in [5, 5.41) is 9.39. The van der Waals surface area contributed by atoms with Gasteiger partial charge in [0.25, 0.3) is 0 Å². The van der Waals surface area contributed by atoms with Crippen LogP contribution in [0.25, 0.3) is 0 Å². The molecule has 13 heavy (non-hydrogen) atoms. The van der Waals surface area contributed by atoms with Gasteiger partial charge in [-0.05, 0) is 7.05 Å². The van der Waals surface area contributed by atoms with Crippen LogP contribution in [0.4, 0.5) is 0 Å². The molecule has 0 heterocycles. The molecule has 3 nitrogen and oxygen atoms in total. The number of aliphatic hydroxyl groups is 1. The van der Waals surface area contributed by atoms with Gasteiger partial charge in [-0.2, -0.15) is 12.6 Å². The lowest BCUT2D eigenvalue weighted by molar-refractivity contribution is 0.0450. The van der Waals surface area contributed by atoms with Crippen LogP contribution in [0.3, 0.4) is 0 Å². The molecule has 0 bridgehead atoms. The Morgan fingerprint density at radius 2 is 2.31 bits per heavy atom. The third-order valence-electron chi connectivity index (χ3n) is 1.60. The van der Waals surface area contributed by atoms with Gasteiger partial charge >= 0.3 is 0 Å². The summed E-state index contributed by atoms with van der Waals surface area (Å²) >= 11 is 4.11. The first-order valence-corrected chi connectivity index (χ1v) is 4.86. The first-order valence-electron chi connectivity index (χ1n) is 4.23. The van der Waals surface area contributed by atoms with E-state index in [2.05, 4.69) is 19.2 Å². The first kappa shape index (κ1) is 13.0. The highest BCUT2D eigenvalue weighted by molar-refractivity contribution is 7.80. The summed E-state index contributed by atoms with van der Waals surface area (Å²) < 4.78 is 4.82. The zero-order valence-electron chi connectivity index (χ0n) is 8.36. The van der Waals surface area contributed by atoms with Crippen LogP contribution in [-0.2, 0) is 4.74 Å². The number of ether oxygens (including phenoxy) is 1. The maximum absolute atomic E-state index is 9.39. The Morgan fingerprint density at radius 1 is 1.69 bits per heavy atom. The van der Waals surface area contributed by atoms with Crippen LogP contribution in [0.15, 0.2) is 12.2 Å². The molecule has 0 aromatic carbocycles. The van der Waals surface area contributed by atoms with Crippen molar-refractivity contribution in [3.8, 4) is 0 Å². The van der Waals surface area contributed by atoms with Crippen molar-refractivity contribution in [1.82, 2.24) is 4.90 Å². The lowest BCUT2D eigenvalue weighted by atomic mass is 10.3. The normalized spacial score (nSPS) is 13.3. The van der Waals surface area contributed by atoms with Crippen LogP contribution in [0, 0.1) is 0 Å². The summed E-state index contributed by atoms with van der Waals surface area (Å²) in [6, 6.07) is 0. The van der Waals surface area contributed by atoms with E-state index in [1.807, 2.05) is 11.9 Å². The van der Waals surface area contributed by atoms with E-state index < -0.39 is 6.10 Å². The molecule has 1 unspecified atom stereocenters. The molecule has 1 atom stereocenters. The maximum atomic E-state index is 9.39. The number of methoxy groups -OCH3 is 1. The molecule has 0 spiro atoms. The number of aliphatic hydroxyl groups excluding tert-OH is 1. The highest BCUT2D eigenvalue weighted by atomic mass is 32.1. The minimum absolute atomic E-state index is 0.373. The molecule has 0 fully saturated rings. The van der Waals surface area contributed by atoms with Gasteiger partial charge < -0.3 is 9.84 Å². The first-order chi connectivity index (χ1) is 6.10. The molecule has 0 amide bonds. The Morgan fingerprint density at radius 3 is 2.77 bits per heavy atom. The van der Waals surface area contributed by atoms with Crippen molar-refractivity contribution in [3.05, 3.63) is 12.2 Å². The number of thiol groups is 1. The zero-order valence-corrected chi connectivity index (χ0v) is 9.26. The lowest BCUT2D eigenvalue weighted by Crippen LogP contribution is -2.33. The minimum atomic E-state index is -0.428. The minimum Gasteiger partial charge on any atom is -0.389 e. The van der Waals surface area contributed by atoms with E-state index in [1.54, 1.807) is 7.11 Å². The summed E-state index contributed by atoms with van der Waals surface area (Å²) in [6.07, 6.45) is -0.428. The zero-order chi connectivity index (χ0) is 10.3. The Labute approximate surface area is 85.8 Å². The van der Waals surface area contributed by atoms with Crippen LogP contribution < -0.4 is 0 Å². The van der Waals surface area contributed by atoms with Gasteiger partial charge in [0.15, 0.2) is 0 Å². The molecule has 0 aromatic rings. The van der Waals surface area contributed by atoms with Gasteiger partial charge in [-0.25, -0.2) is 0 Å². The molecule has 0 aromatic heterocycles. The van der Waals surface area contributed by atoms with Crippen molar-refractivity contribution >= 4 is 12.6 Å². The molecule has 0 aliphatic heterocycles. The number of rotatable bonds is 7. The second kappa shape index (κ2) is 7.38. The predicted octanol–water partition coefficient (Wildman–Crippen LogP) is 0.412. The van der Waals surface area contributed by atoms with Crippen molar-refractivity contribution in [1.29, 1.82) is 0 Å². The molecule has 0 saturated heterocycles. The van der Waals surface area contributed by atoms with Crippen molar-refractivity contribution in [3.63, 3.8) is 0 Å². The fraction of sp³-hybridized carbons (Fsp3) is 0.778. The monoisotopic (exact) mass is 205 g/mol. The van der Waals surface area contributed by atoms with Crippen LogP contribution >= 0.6 is 12.6 Å². The quantitative estimate of drug-likeness (QED) is 0.466. The second-order valence-corrected chi connectivity index (χ2v) is 3.53. The molecule has 1 N–H and O–H groups in total. The van der Waals surface area contributed by atoms with E-state index in [4.69, 9.17) is 4.74 Å². The van der Waals surface area contributed by atoms with Crippen LogP contribution in [0.5, 0.6) is 0 Å². The van der Waals surface area contributed by atoms with Crippen LogP contribution in [0.2, 0.25) is 0 Å². The van der Waals surface area contributed by atoms with Crippen LogP contribution in [-0.4, -0.2) is 55.7 Å². The average molecular weight is 205 g/mol. The standard InChI is InChI=1S/C9H19NO2S/c1-8(7-13)4-10(2)5-9(11)6-12-3/h9,11,13H,1,4-7H2,2-3H3. The van der Waals surface area contributed by atoms with Gasteiger partial charge in [-0.3, -0.25) is 4.90 Å². The van der Waals surface area contributed by atoms with E-state index in [0.717, 1.165) is 12.1 Å². The molecule has 0 radical (unpaired) electrons. The summed E-state index contributed by atoms with van der Waals surface area (Å²) in [5.41, 5.74) is 1.05. The summed E-state index contributed by atoms with van der Waals surface area (Å²) in [5.74, 6) is 0.685. The molecule has 0 rings (SSSR count). The van der Waals surface area contributed by atoms with Gasteiger partial charge in [-0.15, -0.1) is 0 Å². The van der Waals surface area contributed by atoms with Crippen LogP contribution in [0.1, 0.15) is 0 Å². The van der Waals surface area contributed by atoms with Crippen molar-refractivity contribution in [2.75, 3.05) is 39.6 Å². The number of likely N-dealkylation sites (N-methyl/N-ethyl adjacent to an activating group) is 1. The van der Waals surface area contributed by atoms with Crippen molar-refractivity contribution in [2.24, 2.45) is 0 Å². The molecular formula is C9H19NO2S. The molecular weight excluding hydrogens is 186 g/mol. The second-order valence-electron chi connectivity index (χ2n) is 3.21. The Balaban J connectivity index is 3.60. The van der Waals surface area contributed by atoms with E-state index in [-0.39, 0.29) is 0 Å². The van der Waals surface area contributed by atoms with Crippen molar-refractivity contribution in [2.45, 2.75) is 6.10 Å². The van der Waals surface area contributed by atoms with E-state index in [9.17, 15) is 5.11 Å². The molecule has 0 aliphatic carbocycles. The summed E-state index contributed by atoms with van der Waals surface area (Å²) in [4.78, 5) is 2.00. The van der Waals surface area contributed by atoms with Gasteiger partial charge in [0, 0.05) is 26.0 Å². The highest BCUT2D eigenvalue weighted by Crippen LogP contribution is 1.98. The lowest BCUT2D eigenvalue weighted by Gasteiger charge is -2.20. The van der Waals surface area contributed by atoms with Gasteiger partial charge in [0.1, 0.15) is 0 Å². The van der Waals surface area contributed by atoms with E-state index >= 15 is 0 Å². The fourth-order valence-corrected chi connectivity index (χ4v) is 1.20. The Kier molecular flexibility index (Phi) is 7.36. The number of nitrogens with zero attached hydrogens (tertiary/aromatic N) is 1. The molecule has 78 valence electrons. The largest absolute Gasteiger partial charge is 0.389 e. The predicted molar refractivity (Wildman–Crippen MR) is 58.4 cm³/mol. The van der Waals surface area contributed by atoms with Gasteiger partial charge in [0.05, 0.1) is 12.7 Å². The molecule has 0 saturated carbocycles. The third-order valence-corrected chi connectivity index (χ3v) is 2.05. The highest BCUT2D eigenvalue weighted by Gasteiger charge is 2.07. The Hall–Kier alpha value is -0.0300. The fourth-order valence-electron chi connectivity index (χ4n) is 1.10. The average Bonchev–Trinajstić information content (AvgIpc) is 2.04. The van der Waals surface area contributed by atoms with E-state index in [1.165, 1.54) is 0 Å². The van der Waals surface area contributed by atoms with Gasteiger partial charge in [-0.1, -0.05) is 12.2 Å². The van der Waals surface area contributed by atoms with Crippen molar-refractivity contribution < 1.29 is 9.84 Å². The SMILES string of the molecule is C=C(CS)CN(C)CC(O)COC. The molecule has 0 aliphatic rings.